The van der Waals surface area contributed by atoms with Gasteiger partial charge in [0.15, 0.2) is 6.10 Å². The summed E-state index contributed by atoms with van der Waals surface area (Å²) in [5.41, 5.74) is -1.29. The van der Waals surface area contributed by atoms with Crippen LogP contribution in [0.25, 0.3) is 0 Å². The van der Waals surface area contributed by atoms with Gasteiger partial charge in [0.25, 0.3) is 17.7 Å². The molecule has 5 amide bonds. The van der Waals surface area contributed by atoms with Crippen molar-refractivity contribution in [2.45, 2.75) is 51.6 Å². The summed E-state index contributed by atoms with van der Waals surface area (Å²) in [6.07, 6.45) is -5.66. The van der Waals surface area contributed by atoms with E-state index in [4.69, 9.17) is 43.2 Å². The van der Waals surface area contributed by atoms with Crippen LogP contribution in [0.4, 0.5) is 13.2 Å². The van der Waals surface area contributed by atoms with Gasteiger partial charge in [-0.1, -0.05) is 32.0 Å². The lowest BCUT2D eigenvalue weighted by atomic mass is 9.89. The van der Waals surface area contributed by atoms with E-state index in [9.17, 15) is 37.1 Å². The maximum Gasteiger partial charge on any atom is 0.417 e. The predicted octanol–water partition coefficient (Wildman–Crippen LogP) is 4.34. The zero-order valence-electron chi connectivity index (χ0n) is 36.5. The Bertz CT molecular complexity index is 2250. The molecule has 2 saturated heterocycles. The number of halogens is 3. The predicted molar refractivity (Wildman–Crippen MR) is 224 cm³/mol. The smallest absolute Gasteiger partial charge is 0.417 e. The second-order valence-corrected chi connectivity index (χ2v) is 16.0. The van der Waals surface area contributed by atoms with Gasteiger partial charge in [-0.15, -0.1) is 0 Å². The van der Waals surface area contributed by atoms with Gasteiger partial charge in [-0.3, -0.25) is 34.2 Å². The molecule has 2 unspecified atom stereocenters. The lowest BCUT2D eigenvalue weighted by Crippen LogP contribution is -2.54. The van der Waals surface area contributed by atoms with Gasteiger partial charge >= 0.3 is 6.18 Å². The number of nitriles is 1. The van der Waals surface area contributed by atoms with Crippen LogP contribution < -0.4 is 19.5 Å². The van der Waals surface area contributed by atoms with Crippen LogP contribution in [0, 0.1) is 16.7 Å². The van der Waals surface area contributed by atoms with Crippen LogP contribution in [-0.2, 0) is 50.8 Å². The highest BCUT2D eigenvalue weighted by atomic mass is 19.4. The first kappa shape index (κ1) is 49.3. The van der Waals surface area contributed by atoms with E-state index < -0.39 is 58.5 Å². The molecule has 1 N–H and O–H groups in total. The number of carbonyl (C=O) groups excluding carboxylic acids is 5. The Kier molecular flexibility index (Phi) is 17.1. The summed E-state index contributed by atoms with van der Waals surface area (Å²) in [7, 11) is 0. The Morgan fingerprint density at radius 3 is 1.89 bits per heavy atom. The highest BCUT2D eigenvalue weighted by Crippen LogP contribution is 2.39. The van der Waals surface area contributed by atoms with Crippen molar-refractivity contribution in [3.63, 3.8) is 0 Å². The third-order valence-electron chi connectivity index (χ3n) is 10.7. The molecule has 3 aliphatic heterocycles. The molecule has 0 aromatic heterocycles. The number of nitrogens with one attached hydrogen (secondary N) is 1. The number of piperidine rings is 1. The molecule has 66 heavy (non-hydrogen) atoms. The number of hydrogen-bond acceptors (Lipinski definition) is 14. The number of fused-ring (bicyclic) bond motifs is 1. The fraction of sp³-hybridized carbons (Fsp3) is 0.478. The highest BCUT2D eigenvalue weighted by Gasteiger charge is 2.49. The number of nitrogens with zero attached hydrogens (tertiary/aromatic N) is 3. The zero-order valence-corrected chi connectivity index (χ0v) is 36.5. The molecule has 354 valence electrons. The molecule has 3 aromatic carbocycles. The van der Waals surface area contributed by atoms with Crippen LogP contribution in [-0.4, -0.2) is 137 Å². The van der Waals surface area contributed by atoms with Crippen LogP contribution in [0.15, 0.2) is 60.7 Å². The Morgan fingerprint density at radius 2 is 1.32 bits per heavy atom. The maximum atomic E-state index is 13.5. The van der Waals surface area contributed by atoms with E-state index in [1.807, 2.05) is 26.0 Å². The van der Waals surface area contributed by atoms with E-state index in [0.29, 0.717) is 78.4 Å². The average molecular weight is 925 g/mol. The fourth-order valence-electron chi connectivity index (χ4n) is 7.49. The molecule has 2 atom stereocenters. The number of hydrogen-bond donors (Lipinski definition) is 1. The van der Waals surface area contributed by atoms with Gasteiger partial charge in [0.05, 0.1) is 94.4 Å². The zero-order chi connectivity index (χ0) is 47.3. The van der Waals surface area contributed by atoms with E-state index >= 15 is 0 Å². The Balaban J connectivity index is 0.743. The second-order valence-electron chi connectivity index (χ2n) is 16.0. The van der Waals surface area contributed by atoms with Gasteiger partial charge in [0.2, 0.25) is 11.8 Å². The topological polar surface area (TPSA) is 201 Å². The molecular formula is C46H51F3N4O13. The van der Waals surface area contributed by atoms with Crippen LogP contribution in [0.5, 0.6) is 17.2 Å². The SMILES string of the molecule is CC1(C)CN(Cc2ccc(OCCOCCOCCOCCOCCOCCOc3cccc4c3C(=O)N(C3CCC(=O)NC3=O)C4=O)cc2)C(=O)C1Oc1ccc(C#N)c(C(F)(F)F)c1. The normalized spacial score (nSPS) is 18.1. The van der Waals surface area contributed by atoms with E-state index in [1.54, 1.807) is 29.2 Å². The first-order valence-corrected chi connectivity index (χ1v) is 21.3. The molecule has 3 aromatic rings. The monoisotopic (exact) mass is 924 g/mol. The maximum absolute atomic E-state index is 13.5. The fourth-order valence-corrected chi connectivity index (χ4v) is 7.49. The van der Waals surface area contributed by atoms with Crippen molar-refractivity contribution in [1.29, 1.82) is 5.26 Å². The number of carbonyl (C=O) groups is 5. The third kappa shape index (κ3) is 12.8. The minimum atomic E-state index is -4.75. The highest BCUT2D eigenvalue weighted by molar-refractivity contribution is 6.24. The summed E-state index contributed by atoms with van der Waals surface area (Å²) >= 11 is 0. The summed E-state index contributed by atoms with van der Waals surface area (Å²) in [5, 5.41) is 11.3. The van der Waals surface area contributed by atoms with Gasteiger partial charge in [-0.2, -0.15) is 18.4 Å². The summed E-state index contributed by atoms with van der Waals surface area (Å²) in [5.74, 6) is -2.04. The first-order chi connectivity index (χ1) is 31.7. The van der Waals surface area contributed by atoms with Crippen LogP contribution in [0.1, 0.15) is 64.1 Å². The summed E-state index contributed by atoms with van der Waals surface area (Å²) < 4.78 is 85.4. The van der Waals surface area contributed by atoms with Gasteiger partial charge < -0.3 is 42.8 Å². The van der Waals surface area contributed by atoms with Crippen LogP contribution >= 0.6 is 0 Å². The number of likely N-dealkylation sites (tertiary alicyclic amines) is 1. The van der Waals surface area contributed by atoms with Crippen molar-refractivity contribution in [1.82, 2.24) is 15.1 Å². The van der Waals surface area contributed by atoms with Crippen molar-refractivity contribution < 1.29 is 75.0 Å². The molecule has 17 nitrogen and oxygen atoms in total. The number of benzene rings is 3. The van der Waals surface area contributed by atoms with E-state index in [2.05, 4.69) is 5.32 Å². The van der Waals surface area contributed by atoms with Crippen molar-refractivity contribution in [2.75, 3.05) is 85.8 Å². The van der Waals surface area contributed by atoms with Crippen molar-refractivity contribution in [3.05, 3.63) is 88.5 Å². The van der Waals surface area contributed by atoms with Gasteiger partial charge in [0.1, 0.15) is 36.5 Å². The minimum absolute atomic E-state index is 0.0318. The quantitative estimate of drug-likeness (QED) is 0.0930. The standard InChI is InChI=1S/C46H51F3N4O13/c1-45(2)29-52(44(58)40(45)66-33-11-8-31(27-50)35(26-33)46(47,48)49)28-30-6-9-32(10-7-30)64-24-22-62-20-18-60-16-14-59-15-17-61-19-21-63-23-25-65-37-5-3-4-34-39(37)43(57)53(42(34)56)36-12-13-38(54)51-41(36)55/h3-11,26,36,40H,12-25,28-29H2,1-2H3,(H,51,54,55). The molecule has 0 saturated carbocycles. The van der Waals surface area contributed by atoms with Gasteiger partial charge in [0, 0.05) is 24.9 Å². The number of ether oxygens (including phenoxy) is 8. The molecular weight excluding hydrogens is 874 g/mol. The Labute approximate surface area is 378 Å². The summed E-state index contributed by atoms with van der Waals surface area (Å²) in [4.78, 5) is 65.8. The lowest BCUT2D eigenvalue weighted by molar-refractivity contribution is -0.138. The third-order valence-corrected chi connectivity index (χ3v) is 10.7. The van der Waals surface area contributed by atoms with Crippen molar-refractivity contribution >= 4 is 29.5 Å². The molecule has 2 fully saturated rings. The van der Waals surface area contributed by atoms with E-state index in [-0.39, 0.29) is 61.1 Å². The molecule has 0 radical (unpaired) electrons. The molecule has 6 rings (SSSR count). The van der Waals surface area contributed by atoms with Crippen molar-refractivity contribution in [3.8, 4) is 23.3 Å². The minimum Gasteiger partial charge on any atom is -0.491 e. The van der Waals surface area contributed by atoms with Crippen LogP contribution in [0.2, 0.25) is 0 Å². The van der Waals surface area contributed by atoms with Gasteiger partial charge in [-0.05, 0) is 54.4 Å². The van der Waals surface area contributed by atoms with Crippen LogP contribution in [0.3, 0.4) is 0 Å². The second kappa shape index (κ2) is 22.9. The van der Waals surface area contributed by atoms with Gasteiger partial charge in [-0.25, -0.2) is 0 Å². The molecule has 20 heteroatoms. The molecule has 0 spiro atoms. The molecule has 0 aliphatic carbocycles. The van der Waals surface area contributed by atoms with Crippen molar-refractivity contribution in [2.24, 2.45) is 5.41 Å². The number of rotatable bonds is 25. The number of imide groups is 2. The van der Waals surface area contributed by atoms with E-state index in [1.165, 1.54) is 18.2 Å². The first-order valence-electron chi connectivity index (χ1n) is 21.3. The lowest BCUT2D eigenvalue weighted by Gasteiger charge is -2.27. The molecule has 0 bridgehead atoms. The largest absolute Gasteiger partial charge is 0.491 e. The molecule has 3 heterocycles. The van der Waals surface area contributed by atoms with E-state index in [0.717, 1.165) is 22.6 Å². The summed E-state index contributed by atoms with van der Waals surface area (Å²) in [6, 6.07) is 15.4. The summed E-state index contributed by atoms with van der Waals surface area (Å²) in [6.45, 7) is 8.01. The molecule has 3 aliphatic rings. The number of amides is 5. The Hall–Kier alpha value is -6.11. The Morgan fingerprint density at radius 1 is 0.742 bits per heavy atom. The average Bonchev–Trinajstić information content (AvgIpc) is 3.66. The number of alkyl halides is 3.